The highest BCUT2D eigenvalue weighted by molar-refractivity contribution is 6.31. The van der Waals surface area contributed by atoms with Crippen LogP contribution in [0.5, 0.6) is 0 Å². The average Bonchev–Trinajstić information content (AvgIpc) is 2.55. The van der Waals surface area contributed by atoms with Gasteiger partial charge in [-0.25, -0.2) is 4.98 Å². The number of halogens is 1. The van der Waals surface area contributed by atoms with Crippen molar-refractivity contribution >= 4 is 29.1 Å². The van der Waals surface area contributed by atoms with Crippen LogP contribution < -0.4 is 16.8 Å². The van der Waals surface area contributed by atoms with Crippen molar-refractivity contribution in [2.24, 2.45) is 0 Å². The van der Waals surface area contributed by atoms with Crippen molar-refractivity contribution in [3.8, 4) is 11.1 Å². The van der Waals surface area contributed by atoms with Gasteiger partial charge in [0, 0.05) is 29.0 Å². The molecule has 3 aromatic rings. The molecule has 0 aliphatic heterocycles. The number of nitrogens with two attached hydrogens (primary N) is 2. The molecule has 0 amide bonds. The molecule has 3 rings (SSSR count). The third kappa shape index (κ3) is 3.52. The molecule has 2 aromatic carbocycles. The smallest absolute Gasteiger partial charge is 0.221 e. The van der Waals surface area contributed by atoms with E-state index in [0.717, 1.165) is 27.4 Å². The lowest BCUT2D eigenvalue weighted by Crippen LogP contribution is -2.01. The number of hydrogen-bond acceptors (Lipinski definition) is 5. The topological polar surface area (TPSA) is 89.8 Å². The van der Waals surface area contributed by atoms with Gasteiger partial charge < -0.3 is 16.8 Å². The molecule has 0 saturated heterocycles. The largest absolute Gasteiger partial charge is 0.383 e. The van der Waals surface area contributed by atoms with Gasteiger partial charge in [0.05, 0.1) is 0 Å². The Labute approximate surface area is 139 Å². The molecule has 23 heavy (non-hydrogen) atoms. The fraction of sp³-hybridized carbons (Fsp3) is 0.0588. The van der Waals surface area contributed by atoms with Crippen LogP contribution in [0.3, 0.4) is 0 Å². The molecular weight excluding hydrogens is 310 g/mol. The van der Waals surface area contributed by atoms with E-state index in [1.54, 1.807) is 6.20 Å². The lowest BCUT2D eigenvalue weighted by atomic mass is 10.1. The van der Waals surface area contributed by atoms with Crippen molar-refractivity contribution in [2.75, 3.05) is 16.8 Å². The molecular formula is C17H16ClN5. The molecule has 0 aliphatic carbocycles. The fourth-order valence-corrected chi connectivity index (χ4v) is 2.44. The summed E-state index contributed by atoms with van der Waals surface area (Å²) in [5, 5.41) is 4.09. The predicted molar refractivity (Wildman–Crippen MR) is 95.1 cm³/mol. The number of hydrogen-bond donors (Lipinski definition) is 3. The fourth-order valence-electron chi connectivity index (χ4n) is 2.24. The molecule has 6 heteroatoms. The minimum absolute atomic E-state index is 0.171. The standard InChI is InChI=1S/C17H16ClN5/c18-15-4-2-1-3-12(15)9-21-13-7-5-11(6-8-13)14-10-22-17(20)23-16(14)19/h1-8,10,21H,9H2,(H4,19,20,22,23). The van der Waals surface area contributed by atoms with Crippen molar-refractivity contribution in [2.45, 2.75) is 6.54 Å². The van der Waals surface area contributed by atoms with Gasteiger partial charge in [0.2, 0.25) is 5.95 Å². The van der Waals surface area contributed by atoms with E-state index >= 15 is 0 Å². The predicted octanol–water partition coefficient (Wildman–Crippen LogP) is 3.57. The first-order valence-electron chi connectivity index (χ1n) is 7.09. The molecule has 1 aromatic heterocycles. The van der Waals surface area contributed by atoms with Gasteiger partial charge in [-0.2, -0.15) is 4.98 Å². The first-order chi connectivity index (χ1) is 11.1. The second-order valence-electron chi connectivity index (χ2n) is 5.05. The first-order valence-corrected chi connectivity index (χ1v) is 7.47. The molecule has 0 fully saturated rings. The second-order valence-corrected chi connectivity index (χ2v) is 5.46. The van der Waals surface area contributed by atoms with E-state index in [9.17, 15) is 0 Å². The molecule has 1 heterocycles. The summed E-state index contributed by atoms with van der Waals surface area (Å²) < 4.78 is 0. The minimum Gasteiger partial charge on any atom is -0.383 e. The van der Waals surface area contributed by atoms with Crippen molar-refractivity contribution < 1.29 is 0 Å². The van der Waals surface area contributed by atoms with Crippen LogP contribution in [-0.2, 0) is 6.54 Å². The van der Waals surface area contributed by atoms with Crippen LogP contribution in [0.15, 0.2) is 54.7 Å². The summed E-state index contributed by atoms with van der Waals surface area (Å²) in [6.45, 7) is 0.659. The van der Waals surface area contributed by atoms with Crippen molar-refractivity contribution in [1.29, 1.82) is 0 Å². The molecule has 0 bridgehead atoms. The third-order valence-electron chi connectivity index (χ3n) is 3.47. The van der Waals surface area contributed by atoms with Crippen molar-refractivity contribution in [3.63, 3.8) is 0 Å². The van der Waals surface area contributed by atoms with Gasteiger partial charge in [0.15, 0.2) is 0 Å². The van der Waals surface area contributed by atoms with Crippen LogP contribution in [0.2, 0.25) is 5.02 Å². The van der Waals surface area contributed by atoms with E-state index in [1.807, 2.05) is 48.5 Å². The van der Waals surface area contributed by atoms with Gasteiger partial charge in [-0.3, -0.25) is 0 Å². The van der Waals surface area contributed by atoms with Crippen LogP contribution in [0.4, 0.5) is 17.5 Å². The SMILES string of the molecule is Nc1ncc(-c2ccc(NCc3ccccc3Cl)cc2)c(N)n1. The summed E-state index contributed by atoms with van der Waals surface area (Å²) >= 11 is 6.15. The molecule has 0 unspecified atom stereocenters. The first kappa shape index (κ1) is 15.1. The van der Waals surface area contributed by atoms with Gasteiger partial charge in [0.25, 0.3) is 0 Å². The van der Waals surface area contributed by atoms with Crippen LogP contribution in [0.1, 0.15) is 5.56 Å². The van der Waals surface area contributed by atoms with Crippen LogP contribution >= 0.6 is 11.6 Å². The third-order valence-corrected chi connectivity index (χ3v) is 3.84. The van der Waals surface area contributed by atoms with Crippen LogP contribution in [-0.4, -0.2) is 9.97 Å². The number of aromatic nitrogens is 2. The van der Waals surface area contributed by atoms with Gasteiger partial charge in [0.1, 0.15) is 5.82 Å². The maximum atomic E-state index is 6.15. The quantitative estimate of drug-likeness (QED) is 0.682. The summed E-state index contributed by atoms with van der Waals surface area (Å²) in [7, 11) is 0. The Morgan fingerprint density at radius 3 is 2.43 bits per heavy atom. The summed E-state index contributed by atoms with van der Waals surface area (Å²) in [6, 6.07) is 15.6. The molecule has 0 aliphatic rings. The normalized spacial score (nSPS) is 10.5. The van der Waals surface area contributed by atoms with Crippen molar-refractivity contribution in [3.05, 3.63) is 65.3 Å². The Hall–Kier alpha value is -2.79. The maximum Gasteiger partial charge on any atom is 0.221 e. The number of nitrogen functional groups attached to an aromatic ring is 2. The van der Waals surface area contributed by atoms with Crippen LogP contribution in [0, 0.1) is 0 Å². The zero-order valence-electron chi connectivity index (χ0n) is 12.3. The maximum absolute atomic E-state index is 6.15. The molecule has 0 radical (unpaired) electrons. The summed E-state index contributed by atoms with van der Waals surface area (Å²) in [5.74, 6) is 0.540. The lowest BCUT2D eigenvalue weighted by Gasteiger charge is -2.10. The zero-order chi connectivity index (χ0) is 16.2. The molecule has 116 valence electrons. The molecule has 0 saturated carbocycles. The average molecular weight is 326 g/mol. The van der Waals surface area contributed by atoms with E-state index in [1.165, 1.54) is 0 Å². The Balaban J connectivity index is 1.73. The molecule has 0 atom stereocenters. The highest BCUT2D eigenvalue weighted by Gasteiger charge is 2.05. The molecule has 5 nitrogen and oxygen atoms in total. The summed E-state index contributed by atoms with van der Waals surface area (Å²) in [6.07, 6.45) is 1.63. The van der Waals surface area contributed by atoms with Gasteiger partial charge in [-0.1, -0.05) is 41.9 Å². The van der Waals surface area contributed by atoms with E-state index < -0.39 is 0 Å². The van der Waals surface area contributed by atoms with Gasteiger partial charge in [-0.05, 0) is 29.3 Å². The van der Waals surface area contributed by atoms with Gasteiger partial charge >= 0.3 is 0 Å². The highest BCUT2D eigenvalue weighted by atomic mass is 35.5. The highest BCUT2D eigenvalue weighted by Crippen LogP contribution is 2.25. The van der Waals surface area contributed by atoms with E-state index in [-0.39, 0.29) is 5.95 Å². The summed E-state index contributed by atoms with van der Waals surface area (Å²) in [4.78, 5) is 7.95. The zero-order valence-corrected chi connectivity index (χ0v) is 13.1. The summed E-state index contributed by atoms with van der Waals surface area (Å²) in [5.41, 5.74) is 15.1. The number of anilines is 3. The number of nitrogens with zero attached hydrogens (tertiary/aromatic N) is 2. The second kappa shape index (κ2) is 6.54. The number of nitrogens with one attached hydrogen (secondary N) is 1. The van der Waals surface area contributed by atoms with E-state index in [2.05, 4.69) is 15.3 Å². The lowest BCUT2D eigenvalue weighted by molar-refractivity contribution is 1.15. The number of benzene rings is 2. The Bertz CT molecular complexity index is 817. The Morgan fingerprint density at radius 2 is 1.74 bits per heavy atom. The monoisotopic (exact) mass is 325 g/mol. The van der Waals surface area contributed by atoms with Gasteiger partial charge in [-0.15, -0.1) is 0 Å². The Kier molecular flexibility index (Phi) is 4.30. The number of rotatable bonds is 4. The molecule has 0 spiro atoms. The Morgan fingerprint density at radius 1 is 1.00 bits per heavy atom. The van der Waals surface area contributed by atoms with Crippen molar-refractivity contribution in [1.82, 2.24) is 9.97 Å². The van der Waals surface area contributed by atoms with Crippen LogP contribution in [0.25, 0.3) is 11.1 Å². The van der Waals surface area contributed by atoms with E-state index in [4.69, 9.17) is 23.1 Å². The minimum atomic E-state index is 0.171. The molecule has 5 N–H and O–H groups in total. The van der Waals surface area contributed by atoms with E-state index in [0.29, 0.717) is 12.4 Å².